The summed E-state index contributed by atoms with van der Waals surface area (Å²) in [4.78, 5) is 27.3. The molecule has 0 aliphatic carbocycles. The van der Waals surface area contributed by atoms with Gasteiger partial charge in [0.15, 0.2) is 0 Å². The van der Waals surface area contributed by atoms with Crippen LogP contribution in [-0.2, 0) is 0 Å². The number of hydrogen-bond donors (Lipinski definition) is 2. The summed E-state index contributed by atoms with van der Waals surface area (Å²) in [6.45, 7) is 0. The van der Waals surface area contributed by atoms with Gasteiger partial charge in [0.05, 0.1) is 11.3 Å². The molecule has 3 aromatic rings. The molecular formula is C17H12N2O4. The molecule has 0 aliphatic heterocycles. The first-order valence-corrected chi connectivity index (χ1v) is 6.77. The number of aromatic hydroxyl groups is 1. The molecule has 6 nitrogen and oxygen atoms in total. The highest BCUT2D eigenvalue weighted by Gasteiger charge is 2.06. The van der Waals surface area contributed by atoms with Crippen LogP contribution < -0.4 is 5.56 Å². The zero-order valence-electron chi connectivity index (χ0n) is 11.9. The molecule has 1 aromatic carbocycles. The van der Waals surface area contributed by atoms with Gasteiger partial charge in [-0.15, -0.1) is 0 Å². The maximum absolute atomic E-state index is 12.1. The highest BCUT2D eigenvalue weighted by Crippen LogP contribution is 2.13. The van der Waals surface area contributed by atoms with Gasteiger partial charge in [-0.3, -0.25) is 9.20 Å². The maximum atomic E-state index is 12.1. The van der Waals surface area contributed by atoms with Crippen molar-refractivity contribution in [2.24, 2.45) is 0 Å². The lowest BCUT2D eigenvalue weighted by Gasteiger charge is -2.02. The molecule has 0 amide bonds. The Morgan fingerprint density at radius 1 is 1.13 bits per heavy atom. The Bertz CT molecular complexity index is 989. The second-order valence-electron chi connectivity index (χ2n) is 4.90. The van der Waals surface area contributed by atoms with E-state index in [4.69, 9.17) is 5.11 Å². The Kier molecular flexibility index (Phi) is 3.64. The second-order valence-corrected chi connectivity index (χ2v) is 4.90. The Balaban J connectivity index is 2.01. The van der Waals surface area contributed by atoms with Crippen LogP contribution >= 0.6 is 0 Å². The number of carbonyl (C=O) groups is 1. The van der Waals surface area contributed by atoms with E-state index in [-0.39, 0.29) is 16.9 Å². The SMILES string of the molecule is O=C(O)c1ccc2nc(C=Cc3cccc(O)c3)cc(=O)n2c1. The van der Waals surface area contributed by atoms with Crippen molar-refractivity contribution in [3.63, 3.8) is 0 Å². The van der Waals surface area contributed by atoms with E-state index in [1.54, 1.807) is 30.4 Å². The standard InChI is InChI=1S/C17H12N2O4/c20-14-3-1-2-11(8-14)4-6-13-9-16(21)19-10-12(17(22)23)5-7-15(19)18-13/h1-10,20H,(H,22,23). The number of aromatic nitrogens is 2. The first kappa shape index (κ1) is 14.5. The molecule has 2 heterocycles. The summed E-state index contributed by atoms with van der Waals surface area (Å²) in [5.74, 6) is -0.952. The van der Waals surface area contributed by atoms with Gasteiger partial charge >= 0.3 is 5.97 Å². The van der Waals surface area contributed by atoms with E-state index in [9.17, 15) is 14.7 Å². The van der Waals surface area contributed by atoms with Gasteiger partial charge in [-0.1, -0.05) is 18.2 Å². The number of hydrogen-bond acceptors (Lipinski definition) is 4. The highest BCUT2D eigenvalue weighted by molar-refractivity contribution is 5.87. The zero-order valence-corrected chi connectivity index (χ0v) is 11.9. The van der Waals surface area contributed by atoms with Crippen molar-refractivity contribution in [3.05, 3.63) is 75.8 Å². The molecule has 0 atom stereocenters. The summed E-state index contributed by atoms with van der Waals surface area (Å²) < 4.78 is 1.19. The van der Waals surface area contributed by atoms with Gasteiger partial charge in [0.2, 0.25) is 0 Å². The van der Waals surface area contributed by atoms with E-state index in [1.165, 1.54) is 28.8 Å². The van der Waals surface area contributed by atoms with Crippen molar-refractivity contribution in [1.82, 2.24) is 9.38 Å². The van der Waals surface area contributed by atoms with Gasteiger partial charge in [0.25, 0.3) is 5.56 Å². The lowest BCUT2D eigenvalue weighted by Crippen LogP contribution is -2.15. The number of fused-ring (bicyclic) bond motifs is 1. The first-order chi connectivity index (χ1) is 11.0. The Morgan fingerprint density at radius 3 is 2.70 bits per heavy atom. The molecule has 23 heavy (non-hydrogen) atoms. The lowest BCUT2D eigenvalue weighted by molar-refractivity contribution is 0.0696. The number of pyridine rings is 1. The van der Waals surface area contributed by atoms with Crippen molar-refractivity contribution < 1.29 is 15.0 Å². The molecule has 0 aliphatic rings. The number of benzene rings is 1. The number of carboxylic acids is 1. The van der Waals surface area contributed by atoms with Crippen LogP contribution in [0.25, 0.3) is 17.8 Å². The van der Waals surface area contributed by atoms with Crippen molar-refractivity contribution >= 4 is 23.8 Å². The number of phenols is 1. The average Bonchev–Trinajstić information content (AvgIpc) is 2.52. The fraction of sp³-hybridized carbons (Fsp3) is 0. The fourth-order valence-electron chi connectivity index (χ4n) is 2.14. The third-order valence-electron chi connectivity index (χ3n) is 3.24. The third kappa shape index (κ3) is 3.11. The summed E-state index contributed by atoms with van der Waals surface area (Å²) in [5, 5.41) is 18.4. The van der Waals surface area contributed by atoms with E-state index < -0.39 is 5.97 Å². The highest BCUT2D eigenvalue weighted by atomic mass is 16.4. The number of rotatable bonds is 3. The molecule has 3 rings (SSSR count). The molecule has 114 valence electrons. The van der Waals surface area contributed by atoms with E-state index in [2.05, 4.69) is 4.98 Å². The minimum absolute atomic E-state index is 0.0180. The number of phenolic OH excluding ortho intramolecular Hbond substituents is 1. The smallest absolute Gasteiger partial charge is 0.337 e. The zero-order chi connectivity index (χ0) is 16.4. The molecule has 0 unspecified atom stereocenters. The van der Waals surface area contributed by atoms with Crippen molar-refractivity contribution in [2.45, 2.75) is 0 Å². The molecule has 0 bridgehead atoms. The van der Waals surface area contributed by atoms with E-state index in [0.29, 0.717) is 11.3 Å². The molecule has 0 fully saturated rings. The maximum Gasteiger partial charge on any atom is 0.337 e. The second kappa shape index (κ2) is 5.76. The summed E-state index contributed by atoms with van der Waals surface area (Å²) in [5.41, 5.74) is 1.23. The minimum atomic E-state index is -1.10. The quantitative estimate of drug-likeness (QED) is 0.774. The van der Waals surface area contributed by atoms with Gasteiger partial charge in [0, 0.05) is 12.3 Å². The summed E-state index contributed by atoms with van der Waals surface area (Å²) in [6, 6.07) is 10.9. The minimum Gasteiger partial charge on any atom is -0.508 e. The molecule has 0 saturated heterocycles. The monoisotopic (exact) mass is 308 g/mol. The van der Waals surface area contributed by atoms with Crippen molar-refractivity contribution in [1.29, 1.82) is 0 Å². The van der Waals surface area contributed by atoms with Crippen LogP contribution in [0.3, 0.4) is 0 Å². The van der Waals surface area contributed by atoms with Crippen LogP contribution in [0.15, 0.2) is 53.5 Å². The van der Waals surface area contributed by atoms with Crippen LogP contribution in [-0.4, -0.2) is 25.6 Å². The lowest BCUT2D eigenvalue weighted by atomic mass is 10.2. The van der Waals surface area contributed by atoms with Crippen LogP contribution in [0, 0.1) is 0 Å². The Hall–Kier alpha value is -3.41. The molecule has 0 saturated carbocycles. The van der Waals surface area contributed by atoms with E-state index in [0.717, 1.165) is 5.56 Å². The molecule has 0 spiro atoms. The number of nitrogens with zero attached hydrogens (tertiary/aromatic N) is 2. The summed E-state index contributed by atoms with van der Waals surface area (Å²) in [6.07, 6.45) is 4.63. The first-order valence-electron chi connectivity index (χ1n) is 6.77. The van der Waals surface area contributed by atoms with Gasteiger partial charge in [-0.25, -0.2) is 9.78 Å². The predicted octanol–water partition coefficient (Wildman–Crippen LogP) is 2.27. The van der Waals surface area contributed by atoms with Crippen LogP contribution in [0.4, 0.5) is 0 Å². The molecule has 6 heteroatoms. The van der Waals surface area contributed by atoms with Crippen LogP contribution in [0.2, 0.25) is 0 Å². The molecule has 0 radical (unpaired) electrons. The molecule has 2 aromatic heterocycles. The van der Waals surface area contributed by atoms with Gasteiger partial charge in [0.1, 0.15) is 11.4 Å². The number of aromatic carboxylic acids is 1. The normalized spacial score (nSPS) is 11.1. The van der Waals surface area contributed by atoms with Crippen LogP contribution in [0.1, 0.15) is 21.6 Å². The van der Waals surface area contributed by atoms with E-state index >= 15 is 0 Å². The van der Waals surface area contributed by atoms with Crippen molar-refractivity contribution in [2.75, 3.05) is 0 Å². The van der Waals surface area contributed by atoms with Gasteiger partial charge in [-0.05, 0) is 35.9 Å². The largest absolute Gasteiger partial charge is 0.508 e. The van der Waals surface area contributed by atoms with Gasteiger partial charge < -0.3 is 10.2 Å². The predicted molar refractivity (Wildman–Crippen MR) is 85.5 cm³/mol. The van der Waals surface area contributed by atoms with Crippen LogP contribution in [0.5, 0.6) is 5.75 Å². The molecule has 2 N–H and O–H groups in total. The van der Waals surface area contributed by atoms with E-state index in [1.807, 2.05) is 6.07 Å². The van der Waals surface area contributed by atoms with Gasteiger partial charge in [-0.2, -0.15) is 0 Å². The Labute approximate surface area is 130 Å². The average molecular weight is 308 g/mol. The molecular weight excluding hydrogens is 296 g/mol. The number of carboxylic acid groups (broad SMARTS) is 1. The fourth-order valence-corrected chi connectivity index (χ4v) is 2.14. The summed E-state index contributed by atoms with van der Waals surface area (Å²) >= 11 is 0. The van der Waals surface area contributed by atoms with Crippen molar-refractivity contribution in [3.8, 4) is 5.75 Å². The third-order valence-corrected chi connectivity index (χ3v) is 3.24. The summed E-state index contributed by atoms with van der Waals surface area (Å²) in [7, 11) is 0. The Morgan fingerprint density at radius 2 is 1.96 bits per heavy atom. The topological polar surface area (TPSA) is 91.9 Å².